The van der Waals surface area contributed by atoms with Gasteiger partial charge in [-0.2, -0.15) is 0 Å². The van der Waals surface area contributed by atoms with Gasteiger partial charge in [-0.3, -0.25) is 0 Å². The van der Waals surface area contributed by atoms with E-state index in [2.05, 4.69) is 0 Å². The third-order valence-corrected chi connectivity index (χ3v) is 8.08. The van der Waals surface area contributed by atoms with Crippen molar-refractivity contribution >= 4 is 6.08 Å². The number of halogens is 3. The van der Waals surface area contributed by atoms with Gasteiger partial charge in [-0.05, 0) is 112 Å². The lowest BCUT2D eigenvalue weighted by Gasteiger charge is -2.31. The van der Waals surface area contributed by atoms with E-state index in [4.69, 9.17) is 4.74 Å². The maximum absolute atomic E-state index is 15.1. The molecule has 0 heterocycles. The quantitative estimate of drug-likeness (QED) is 0.428. The fourth-order valence-corrected chi connectivity index (χ4v) is 5.88. The normalized spacial score (nSPS) is 26.1. The summed E-state index contributed by atoms with van der Waals surface area (Å²) in [6, 6.07) is 8.48. The van der Waals surface area contributed by atoms with Crippen LogP contribution in [0.15, 0.2) is 36.4 Å². The molecule has 190 valence electrons. The van der Waals surface area contributed by atoms with E-state index in [-0.39, 0.29) is 29.7 Å². The second-order valence-electron chi connectivity index (χ2n) is 10.3. The molecule has 2 aromatic rings. The standard InChI is InChI=1S/C30H37F3O2/c1-3-35-25-15-14-24(28(31)18-25)9-6-20-4-7-22(8-5-20)26-16-17-27(30(33)29(26)32)23-12-10-21(11-13-23)19(2)34/h6,9,14-23,34H,3-5,7-8,10-13H2,1-2H3/b9-6+. The predicted octanol–water partition coefficient (Wildman–Crippen LogP) is 8.14. The second-order valence-corrected chi connectivity index (χ2v) is 10.3. The molecule has 0 aliphatic heterocycles. The van der Waals surface area contributed by atoms with Crippen LogP contribution in [0, 0.1) is 29.3 Å². The number of aliphatic hydroxyl groups excluding tert-OH is 1. The molecule has 35 heavy (non-hydrogen) atoms. The molecule has 0 aromatic heterocycles. The zero-order valence-electron chi connectivity index (χ0n) is 20.8. The van der Waals surface area contributed by atoms with Crippen molar-refractivity contribution in [1.29, 1.82) is 0 Å². The van der Waals surface area contributed by atoms with Gasteiger partial charge in [-0.25, -0.2) is 13.2 Å². The van der Waals surface area contributed by atoms with Crippen molar-refractivity contribution < 1.29 is 23.0 Å². The molecular formula is C30H37F3O2. The van der Waals surface area contributed by atoms with Gasteiger partial charge in [0.25, 0.3) is 0 Å². The van der Waals surface area contributed by atoms with E-state index in [1.54, 1.807) is 24.3 Å². The van der Waals surface area contributed by atoms with E-state index in [0.29, 0.717) is 35.0 Å². The molecule has 0 amide bonds. The van der Waals surface area contributed by atoms with Gasteiger partial charge < -0.3 is 9.84 Å². The first-order valence-electron chi connectivity index (χ1n) is 13.1. The van der Waals surface area contributed by atoms with Gasteiger partial charge in [0, 0.05) is 11.6 Å². The summed E-state index contributed by atoms with van der Waals surface area (Å²) in [4.78, 5) is 0. The van der Waals surface area contributed by atoms with Crippen molar-refractivity contribution in [3.05, 3.63) is 70.5 Å². The van der Waals surface area contributed by atoms with E-state index in [1.807, 2.05) is 26.0 Å². The maximum Gasteiger partial charge on any atom is 0.162 e. The molecule has 0 radical (unpaired) electrons. The van der Waals surface area contributed by atoms with E-state index >= 15 is 8.78 Å². The fraction of sp³-hybridized carbons (Fsp3) is 0.533. The maximum atomic E-state index is 15.1. The molecule has 2 aliphatic carbocycles. The van der Waals surface area contributed by atoms with E-state index in [1.165, 1.54) is 6.07 Å². The number of hydrogen-bond donors (Lipinski definition) is 1. The fourth-order valence-electron chi connectivity index (χ4n) is 5.88. The average molecular weight is 487 g/mol. The Labute approximate surface area is 207 Å². The lowest BCUT2D eigenvalue weighted by Crippen LogP contribution is -2.23. The molecule has 2 saturated carbocycles. The number of aliphatic hydroxyl groups is 1. The summed E-state index contributed by atoms with van der Waals surface area (Å²) < 4.78 is 49.8. The van der Waals surface area contributed by atoms with Crippen molar-refractivity contribution in [2.24, 2.45) is 11.8 Å². The Morgan fingerprint density at radius 3 is 1.97 bits per heavy atom. The first-order chi connectivity index (χ1) is 16.9. The number of hydrogen-bond acceptors (Lipinski definition) is 2. The van der Waals surface area contributed by atoms with Crippen LogP contribution in [0.25, 0.3) is 6.08 Å². The summed E-state index contributed by atoms with van der Waals surface area (Å²) >= 11 is 0. The number of ether oxygens (including phenoxy) is 1. The third-order valence-electron chi connectivity index (χ3n) is 8.08. The van der Waals surface area contributed by atoms with E-state index in [9.17, 15) is 9.50 Å². The minimum absolute atomic E-state index is 0.0105. The van der Waals surface area contributed by atoms with Crippen LogP contribution >= 0.6 is 0 Å². The van der Waals surface area contributed by atoms with Crippen LogP contribution in [0.4, 0.5) is 13.2 Å². The molecular weight excluding hydrogens is 449 g/mol. The molecule has 0 bridgehead atoms. The average Bonchev–Trinajstić information content (AvgIpc) is 2.86. The lowest BCUT2D eigenvalue weighted by atomic mass is 9.75. The molecule has 1 atom stereocenters. The number of benzene rings is 2. The highest BCUT2D eigenvalue weighted by Gasteiger charge is 2.30. The molecule has 2 nitrogen and oxygen atoms in total. The third kappa shape index (κ3) is 6.11. The minimum atomic E-state index is -0.685. The monoisotopic (exact) mass is 486 g/mol. The first kappa shape index (κ1) is 25.8. The first-order valence-corrected chi connectivity index (χ1v) is 13.1. The van der Waals surface area contributed by atoms with Gasteiger partial charge in [0.2, 0.25) is 0 Å². The highest BCUT2D eigenvalue weighted by molar-refractivity contribution is 5.52. The largest absolute Gasteiger partial charge is 0.494 e. The van der Waals surface area contributed by atoms with E-state index in [0.717, 1.165) is 51.4 Å². The van der Waals surface area contributed by atoms with Crippen molar-refractivity contribution in [2.75, 3.05) is 6.61 Å². The Bertz CT molecular complexity index is 1020. The van der Waals surface area contributed by atoms with Crippen LogP contribution in [0.5, 0.6) is 5.75 Å². The van der Waals surface area contributed by atoms with Gasteiger partial charge >= 0.3 is 0 Å². The summed E-state index contributed by atoms with van der Waals surface area (Å²) in [6.07, 6.45) is 10.1. The van der Waals surface area contributed by atoms with Gasteiger partial charge in [0.15, 0.2) is 11.6 Å². The Hall–Kier alpha value is -2.27. The molecule has 2 aliphatic rings. The Kier molecular flexibility index (Phi) is 8.59. The van der Waals surface area contributed by atoms with Crippen molar-refractivity contribution in [2.45, 2.75) is 83.2 Å². The molecule has 0 saturated heterocycles. The number of rotatable bonds is 7. The van der Waals surface area contributed by atoms with Gasteiger partial charge in [0.1, 0.15) is 11.6 Å². The summed E-state index contributed by atoms with van der Waals surface area (Å²) in [5, 5.41) is 9.80. The Morgan fingerprint density at radius 1 is 0.886 bits per heavy atom. The molecule has 0 spiro atoms. The molecule has 2 fully saturated rings. The molecule has 2 aromatic carbocycles. The Balaban J connectivity index is 1.35. The van der Waals surface area contributed by atoms with Crippen LogP contribution in [-0.4, -0.2) is 17.8 Å². The zero-order valence-corrected chi connectivity index (χ0v) is 20.8. The summed E-state index contributed by atoms with van der Waals surface area (Å²) in [6.45, 7) is 4.17. The summed E-state index contributed by atoms with van der Waals surface area (Å²) in [5.74, 6) is -0.559. The lowest BCUT2D eigenvalue weighted by molar-refractivity contribution is 0.0963. The van der Waals surface area contributed by atoms with Crippen LogP contribution in [0.1, 0.15) is 93.7 Å². The van der Waals surface area contributed by atoms with Crippen LogP contribution in [-0.2, 0) is 0 Å². The molecule has 5 heteroatoms. The highest BCUT2D eigenvalue weighted by Crippen LogP contribution is 2.42. The van der Waals surface area contributed by atoms with Gasteiger partial charge in [-0.15, -0.1) is 0 Å². The summed E-state index contributed by atoms with van der Waals surface area (Å²) in [7, 11) is 0. The molecule has 1 N–H and O–H groups in total. The van der Waals surface area contributed by atoms with Crippen LogP contribution in [0.3, 0.4) is 0 Å². The smallest absolute Gasteiger partial charge is 0.162 e. The number of allylic oxidation sites excluding steroid dienone is 1. The van der Waals surface area contributed by atoms with Crippen LogP contribution in [0.2, 0.25) is 0 Å². The molecule has 1 unspecified atom stereocenters. The van der Waals surface area contributed by atoms with Crippen LogP contribution < -0.4 is 4.74 Å². The zero-order chi connectivity index (χ0) is 24.9. The second kappa shape index (κ2) is 11.6. The van der Waals surface area contributed by atoms with Crippen molar-refractivity contribution in [3.63, 3.8) is 0 Å². The highest BCUT2D eigenvalue weighted by atomic mass is 19.2. The minimum Gasteiger partial charge on any atom is -0.494 e. The summed E-state index contributed by atoms with van der Waals surface area (Å²) in [5.41, 5.74) is 1.51. The van der Waals surface area contributed by atoms with E-state index < -0.39 is 11.6 Å². The Morgan fingerprint density at radius 2 is 1.46 bits per heavy atom. The van der Waals surface area contributed by atoms with Crippen molar-refractivity contribution in [1.82, 2.24) is 0 Å². The van der Waals surface area contributed by atoms with Crippen molar-refractivity contribution in [3.8, 4) is 5.75 Å². The SMILES string of the molecule is CCOc1ccc(/C=C/C2CCC(c3ccc(C4CCC(C(C)O)CC4)c(F)c3F)CC2)c(F)c1. The predicted molar refractivity (Wildman–Crippen MR) is 134 cm³/mol. The molecule has 4 rings (SSSR count). The van der Waals surface area contributed by atoms with Gasteiger partial charge in [0.05, 0.1) is 12.7 Å². The topological polar surface area (TPSA) is 29.5 Å². The van der Waals surface area contributed by atoms with Gasteiger partial charge in [-0.1, -0.05) is 24.3 Å².